The fourth-order valence-corrected chi connectivity index (χ4v) is 2.95. The van der Waals surface area contributed by atoms with Crippen molar-refractivity contribution in [2.75, 3.05) is 5.73 Å². The Kier molecular flexibility index (Phi) is 2.79. The van der Waals surface area contributed by atoms with Gasteiger partial charge >= 0.3 is 0 Å². The summed E-state index contributed by atoms with van der Waals surface area (Å²) in [6, 6.07) is 3.81. The maximum Gasteiger partial charge on any atom is 0.181 e. The summed E-state index contributed by atoms with van der Waals surface area (Å²) in [5, 5.41) is 0.575. The van der Waals surface area contributed by atoms with Crippen molar-refractivity contribution in [1.29, 1.82) is 0 Å². The van der Waals surface area contributed by atoms with Crippen molar-refractivity contribution in [3.63, 3.8) is 0 Å². The second-order valence-electron chi connectivity index (χ2n) is 2.28. The van der Waals surface area contributed by atoms with Gasteiger partial charge in [-0.1, -0.05) is 11.3 Å². The van der Waals surface area contributed by atoms with E-state index >= 15 is 0 Å². The third kappa shape index (κ3) is 1.99. The molecule has 0 atom stereocenters. The molecule has 0 aliphatic rings. The Morgan fingerprint density at radius 1 is 1.38 bits per heavy atom. The van der Waals surface area contributed by atoms with E-state index in [1.54, 1.807) is 0 Å². The molecule has 0 saturated heterocycles. The number of anilines is 1. The third-order valence-electron chi connectivity index (χ3n) is 1.41. The molecule has 0 unspecified atom stereocenters. The second kappa shape index (κ2) is 3.73. The van der Waals surface area contributed by atoms with Crippen molar-refractivity contribution in [1.82, 2.24) is 4.98 Å². The topological polar surface area (TPSA) is 52.0 Å². The molecule has 3 nitrogen and oxygen atoms in total. The molecule has 0 saturated carbocycles. The van der Waals surface area contributed by atoms with Crippen LogP contribution in [-0.4, -0.2) is 4.98 Å². The number of furan rings is 1. The van der Waals surface area contributed by atoms with Crippen molar-refractivity contribution in [2.45, 2.75) is 0 Å². The number of halogens is 2. The standard InChI is InChI=1S/C7H4I2N2OS/c8-4-2-1-3(12-4)5-6(9)13-7(10)11-5/h1-2H,(H2,10,11). The number of nitrogens with zero attached hydrogens (tertiary/aromatic N) is 1. The van der Waals surface area contributed by atoms with Crippen LogP contribution in [-0.2, 0) is 0 Å². The largest absolute Gasteiger partial charge is 0.449 e. The zero-order chi connectivity index (χ0) is 9.42. The third-order valence-corrected chi connectivity index (χ3v) is 3.83. The molecule has 0 aliphatic heterocycles. The molecule has 0 amide bonds. The van der Waals surface area contributed by atoms with Crippen LogP contribution in [0.4, 0.5) is 5.13 Å². The van der Waals surface area contributed by atoms with Crippen molar-refractivity contribution in [2.24, 2.45) is 0 Å². The van der Waals surface area contributed by atoms with Crippen LogP contribution in [0.25, 0.3) is 11.5 Å². The van der Waals surface area contributed by atoms with Crippen LogP contribution in [0.3, 0.4) is 0 Å². The van der Waals surface area contributed by atoms with Crippen LogP contribution in [0, 0.1) is 6.65 Å². The number of aromatic nitrogens is 1. The summed E-state index contributed by atoms with van der Waals surface area (Å²) < 4.78 is 7.35. The van der Waals surface area contributed by atoms with Crippen LogP contribution in [0.15, 0.2) is 16.5 Å². The highest BCUT2D eigenvalue weighted by Crippen LogP contribution is 2.31. The zero-order valence-corrected chi connectivity index (χ0v) is 11.4. The molecule has 6 heteroatoms. The van der Waals surface area contributed by atoms with Crippen molar-refractivity contribution < 1.29 is 4.42 Å². The predicted molar refractivity (Wildman–Crippen MR) is 69.7 cm³/mol. The SMILES string of the molecule is Nc1nc(-c2ccc(I)o2)c(I)s1. The Morgan fingerprint density at radius 2 is 2.15 bits per heavy atom. The van der Waals surface area contributed by atoms with Crippen LogP contribution in [0.1, 0.15) is 0 Å². The normalized spacial score (nSPS) is 10.6. The molecule has 68 valence electrons. The van der Waals surface area contributed by atoms with E-state index in [4.69, 9.17) is 10.2 Å². The van der Waals surface area contributed by atoms with E-state index in [1.807, 2.05) is 12.1 Å². The van der Waals surface area contributed by atoms with Gasteiger partial charge in [0.1, 0.15) is 5.69 Å². The minimum Gasteiger partial charge on any atom is -0.449 e. The fourth-order valence-electron chi connectivity index (χ4n) is 0.911. The molecule has 0 bridgehead atoms. The number of nitrogen functional groups attached to an aromatic ring is 1. The summed E-state index contributed by atoms with van der Waals surface area (Å²) in [5.41, 5.74) is 6.42. The minimum absolute atomic E-state index is 0.575. The first-order valence-corrected chi connectivity index (χ1v) is 6.32. The van der Waals surface area contributed by atoms with Crippen LogP contribution >= 0.6 is 56.5 Å². The van der Waals surface area contributed by atoms with Gasteiger partial charge in [-0.2, -0.15) is 0 Å². The first-order chi connectivity index (χ1) is 6.16. The lowest BCUT2D eigenvalue weighted by atomic mass is 10.4. The quantitative estimate of drug-likeness (QED) is 0.725. The molecule has 2 N–H and O–H groups in total. The van der Waals surface area contributed by atoms with E-state index in [9.17, 15) is 0 Å². The summed E-state index contributed by atoms with van der Waals surface area (Å²) >= 11 is 5.79. The Balaban J connectivity index is 2.51. The van der Waals surface area contributed by atoms with Crippen molar-refractivity contribution >= 4 is 61.7 Å². The molecule has 2 heterocycles. The average molecular weight is 418 g/mol. The fraction of sp³-hybridized carbons (Fsp3) is 0. The maximum atomic E-state index is 5.58. The second-order valence-corrected chi connectivity index (χ2v) is 6.18. The summed E-state index contributed by atoms with van der Waals surface area (Å²) in [6.07, 6.45) is 0. The highest BCUT2D eigenvalue weighted by atomic mass is 127. The average Bonchev–Trinajstić information content (AvgIpc) is 2.58. The highest BCUT2D eigenvalue weighted by molar-refractivity contribution is 14.1. The van der Waals surface area contributed by atoms with Gasteiger partial charge in [-0.15, -0.1) is 0 Å². The Hall–Kier alpha value is 0.170. The van der Waals surface area contributed by atoms with Gasteiger partial charge in [-0.05, 0) is 57.3 Å². The number of nitrogens with two attached hydrogens (primary N) is 1. The van der Waals surface area contributed by atoms with Crippen molar-refractivity contribution in [3.8, 4) is 11.5 Å². The Bertz CT molecular complexity index is 437. The Labute approximate surface area is 106 Å². The van der Waals surface area contributed by atoms with E-state index in [-0.39, 0.29) is 0 Å². The Morgan fingerprint density at radius 3 is 2.62 bits per heavy atom. The van der Waals surface area contributed by atoms with E-state index < -0.39 is 0 Å². The van der Waals surface area contributed by atoms with Crippen molar-refractivity contribution in [3.05, 3.63) is 18.8 Å². The molecule has 13 heavy (non-hydrogen) atoms. The summed E-state index contributed by atoms with van der Waals surface area (Å²) in [4.78, 5) is 4.19. The van der Waals surface area contributed by atoms with Crippen LogP contribution < -0.4 is 5.73 Å². The molecular formula is C7H4I2N2OS. The van der Waals surface area contributed by atoms with Crippen LogP contribution in [0.2, 0.25) is 0 Å². The number of thiazole rings is 1. The predicted octanol–water partition coefficient (Wildman–Crippen LogP) is 3.19. The molecule has 2 rings (SSSR count). The van der Waals surface area contributed by atoms with Gasteiger partial charge in [-0.25, -0.2) is 4.98 Å². The first-order valence-electron chi connectivity index (χ1n) is 3.34. The lowest BCUT2D eigenvalue weighted by Gasteiger charge is -1.89. The van der Waals surface area contributed by atoms with Gasteiger partial charge < -0.3 is 10.2 Å². The summed E-state index contributed by atoms with van der Waals surface area (Å²) in [7, 11) is 0. The van der Waals surface area contributed by atoms with E-state index in [0.29, 0.717) is 5.13 Å². The van der Waals surface area contributed by atoms with E-state index in [0.717, 1.165) is 18.1 Å². The lowest BCUT2D eigenvalue weighted by Crippen LogP contribution is -1.81. The molecule has 0 spiro atoms. The smallest absolute Gasteiger partial charge is 0.181 e. The molecule has 0 aromatic carbocycles. The molecular weight excluding hydrogens is 414 g/mol. The van der Waals surface area contributed by atoms with E-state index in [1.165, 1.54) is 11.3 Å². The number of rotatable bonds is 1. The van der Waals surface area contributed by atoms with Gasteiger partial charge in [-0.3, -0.25) is 0 Å². The zero-order valence-electron chi connectivity index (χ0n) is 6.25. The maximum absolute atomic E-state index is 5.58. The van der Waals surface area contributed by atoms with Gasteiger partial charge in [0.25, 0.3) is 0 Å². The summed E-state index contributed by atoms with van der Waals surface area (Å²) in [5.74, 6) is 0.779. The monoisotopic (exact) mass is 418 g/mol. The van der Waals surface area contributed by atoms with Gasteiger partial charge in [0.15, 0.2) is 14.7 Å². The summed E-state index contributed by atoms with van der Waals surface area (Å²) in [6.45, 7) is 0. The molecule has 0 radical (unpaired) electrons. The lowest BCUT2D eigenvalue weighted by molar-refractivity contribution is 0.551. The molecule has 2 aromatic rings. The van der Waals surface area contributed by atoms with Gasteiger partial charge in [0.05, 0.1) is 2.88 Å². The molecule has 0 aliphatic carbocycles. The van der Waals surface area contributed by atoms with Gasteiger partial charge in [0, 0.05) is 0 Å². The number of hydrogen-bond acceptors (Lipinski definition) is 4. The first kappa shape index (κ1) is 9.71. The minimum atomic E-state index is 0.575. The molecule has 2 aromatic heterocycles. The molecule has 0 fully saturated rings. The van der Waals surface area contributed by atoms with Crippen LogP contribution in [0.5, 0.6) is 0 Å². The van der Waals surface area contributed by atoms with E-state index in [2.05, 4.69) is 50.2 Å². The highest BCUT2D eigenvalue weighted by Gasteiger charge is 2.12. The number of hydrogen-bond donors (Lipinski definition) is 1. The van der Waals surface area contributed by atoms with Gasteiger partial charge in [0.2, 0.25) is 0 Å².